The van der Waals surface area contributed by atoms with Crippen molar-refractivity contribution in [1.82, 2.24) is 10.2 Å². The van der Waals surface area contributed by atoms with Crippen molar-refractivity contribution in [3.05, 3.63) is 0 Å². The van der Waals surface area contributed by atoms with Crippen LogP contribution in [0, 0.1) is 17.8 Å². The Balaban J connectivity index is 1.93. The van der Waals surface area contributed by atoms with E-state index in [9.17, 15) is 0 Å². The molecule has 0 radical (unpaired) electrons. The summed E-state index contributed by atoms with van der Waals surface area (Å²) in [6, 6.07) is 1.56. The molecular weight excluding hydrogens is 244 g/mol. The van der Waals surface area contributed by atoms with E-state index < -0.39 is 0 Å². The van der Waals surface area contributed by atoms with Crippen molar-refractivity contribution in [3.8, 4) is 0 Å². The summed E-state index contributed by atoms with van der Waals surface area (Å²) in [5, 5.41) is 3.77. The van der Waals surface area contributed by atoms with Crippen LogP contribution in [0.4, 0.5) is 0 Å². The van der Waals surface area contributed by atoms with Crippen LogP contribution in [-0.2, 0) is 0 Å². The second-order valence-corrected chi connectivity index (χ2v) is 7.44. The van der Waals surface area contributed by atoms with Crippen LogP contribution in [0.2, 0.25) is 0 Å². The number of nitrogens with zero attached hydrogens (tertiary/aromatic N) is 1. The molecule has 2 nitrogen and oxygen atoms in total. The fraction of sp³-hybridized carbons (Fsp3) is 1.00. The number of rotatable bonds is 5. The highest BCUT2D eigenvalue weighted by molar-refractivity contribution is 4.92. The van der Waals surface area contributed by atoms with Gasteiger partial charge in [-0.05, 0) is 69.5 Å². The topological polar surface area (TPSA) is 15.3 Å². The van der Waals surface area contributed by atoms with E-state index in [0.717, 1.165) is 36.4 Å². The van der Waals surface area contributed by atoms with Gasteiger partial charge in [-0.25, -0.2) is 0 Å². The second-order valence-electron chi connectivity index (χ2n) is 7.44. The molecule has 1 saturated heterocycles. The van der Waals surface area contributed by atoms with Gasteiger partial charge in [0, 0.05) is 12.1 Å². The lowest BCUT2D eigenvalue weighted by Crippen LogP contribution is -2.55. The molecule has 0 amide bonds. The SMILES string of the molecule is CCNC1CCC(CC)CC1N1CCC(C(C)C)CC1. The number of likely N-dealkylation sites (N-methyl/N-ethyl adjacent to an activating group) is 1. The van der Waals surface area contributed by atoms with Crippen LogP contribution >= 0.6 is 0 Å². The van der Waals surface area contributed by atoms with Crippen molar-refractivity contribution >= 4 is 0 Å². The Labute approximate surface area is 126 Å². The maximum atomic E-state index is 3.77. The summed E-state index contributed by atoms with van der Waals surface area (Å²) in [7, 11) is 0. The van der Waals surface area contributed by atoms with E-state index in [2.05, 4.69) is 37.9 Å². The van der Waals surface area contributed by atoms with Crippen LogP contribution in [0.3, 0.4) is 0 Å². The maximum absolute atomic E-state index is 3.77. The third-order valence-electron chi connectivity index (χ3n) is 5.95. The summed E-state index contributed by atoms with van der Waals surface area (Å²) in [6.07, 6.45) is 8.47. The van der Waals surface area contributed by atoms with Gasteiger partial charge in [-0.2, -0.15) is 0 Å². The molecule has 0 spiro atoms. The fourth-order valence-corrected chi connectivity index (χ4v) is 4.42. The minimum absolute atomic E-state index is 0.749. The average molecular weight is 281 g/mol. The van der Waals surface area contributed by atoms with Crippen molar-refractivity contribution < 1.29 is 0 Å². The zero-order valence-electron chi connectivity index (χ0n) is 14.2. The molecule has 3 unspecified atom stereocenters. The van der Waals surface area contributed by atoms with Crippen molar-refractivity contribution in [3.63, 3.8) is 0 Å². The van der Waals surface area contributed by atoms with Crippen molar-refractivity contribution in [2.24, 2.45) is 17.8 Å². The third-order valence-corrected chi connectivity index (χ3v) is 5.95. The zero-order valence-corrected chi connectivity index (χ0v) is 14.2. The molecule has 20 heavy (non-hydrogen) atoms. The summed E-state index contributed by atoms with van der Waals surface area (Å²) in [5.74, 6) is 2.81. The maximum Gasteiger partial charge on any atom is 0.0251 e. The smallest absolute Gasteiger partial charge is 0.0251 e. The molecule has 0 aromatic rings. The standard InChI is InChI=1S/C18H36N2/c1-5-15-7-8-17(19-6-2)18(13-15)20-11-9-16(10-12-20)14(3)4/h14-19H,5-13H2,1-4H3. The van der Waals surface area contributed by atoms with Gasteiger partial charge in [0.1, 0.15) is 0 Å². The minimum atomic E-state index is 0.749. The molecule has 1 saturated carbocycles. The van der Waals surface area contributed by atoms with Gasteiger partial charge >= 0.3 is 0 Å². The minimum Gasteiger partial charge on any atom is -0.313 e. The van der Waals surface area contributed by atoms with E-state index >= 15 is 0 Å². The van der Waals surface area contributed by atoms with E-state index in [4.69, 9.17) is 0 Å². The molecule has 2 heteroatoms. The molecular formula is C18H36N2. The largest absolute Gasteiger partial charge is 0.313 e. The predicted octanol–water partition coefficient (Wildman–Crippen LogP) is 3.91. The lowest BCUT2D eigenvalue weighted by Gasteiger charge is -2.46. The van der Waals surface area contributed by atoms with Crippen LogP contribution < -0.4 is 5.32 Å². The Morgan fingerprint density at radius 1 is 1.05 bits per heavy atom. The highest BCUT2D eigenvalue weighted by atomic mass is 15.2. The van der Waals surface area contributed by atoms with E-state index in [1.54, 1.807) is 0 Å². The number of likely N-dealkylation sites (tertiary alicyclic amines) is 1. The third kappa shape index (κ3) is 3.98. The first kappa shape index (κ1) is 16.3. The van der Waals surface area contributed by atoms with Crippen LogP contribution in [0.1, 0.15) is 66.2 Å². The molecule has 0 aromatic heterocycles. The Bertz CT molecular complexity index is 269. The van der Waals surface area contributed by atoms with Crippen LogP contribution in [0.25, 0.3) is 0 Å². The summed E-state index contributed by atoms with van der Waals surface area (Å²) in [5.41, 5.74) is 0. The number of hydrogen-bond acceptors (Lipinski definition) is 2. The average Bonchev–Trinajstić information content (AvgIpc) is 2.48. The van der Waals surface area contributed by atoms with Gasteiger partial charge in [0.05, 0.1) is 0 Å². The Hall–Kier alpha value is -0.0800. The van der Waals surface area contributed by atoms with E-state index in [0.29, 0.717) is 0 Å². The molecule has 1 N–H and O–H groups in total. The molecule has 1 aliphatic heterocycles. The summed E-state index contributed by atoms with van der Waals surface area (Å²) in [4.78, 5) is 2.83. The molecule has 0 bridgehead atoms. The van der Waals surface area contributed by atoms with Crippen LogP contribution in [0.15, 0.2) is 0 Å². The Morgan fingerprint density at radius 3 is 2.30 bits per heavy atom. The first-order chi connectivity index (χ1) is 9.65. The molecule has 3 atom stereocenters. The van der Waals surface area contributed by atoms with E-state index in [1.807, 2.05) is 0 Å². The van der Waals surface area contributed by atoms with Gasteiger partial charge < -0.3 is 5.32 Å². The van der Waals surface area contributed by atoms with Crippen molar-refractivity contribution in [2.75, 3.05) is 19.6 Å². The first-order valence-corrected chi connectivity index (χ1v) is 9.13. The molecule has 1 aliphatic carbocycles. The highest BCUT2D eigenvalue weighted by Gasteiger charge is 2.35. The van der Waals surface area contributed by atoms with Crippen LogP contribution in [0.5, 0.6) is 0 Å². The highest BCUT2D eigenvalue weighted by Crippen LogP contribution is 2.33. The molecule has 1 heterocycles. The first-order valence-electron chi connectivity index (χ1n) is 9.13. The van der Waals surface area contributed by atoms with Gasteiger partial charge in [-0.3, -0.25) is 4.90 Å². The number of nitrogens with one attached hydrogen (secondary N) is 1. The van der Waals surface area contributed by atoms with Gasteiger partial charge in [0.15, 0.2) is 0 Å². The molecule has 2 rings (SSSR count). The lowest BCUT2D eigenvalue weighted by molar-refractivity contribution is 0.0567. The monoisotopic (exact) mass is 280 g/mol. The summed E-state index contributed by atoms with van der Waals surface area (Å²) >= 11 is 0. The molecule has 2 fully saturated rings. The Kier molecular flexibility index (Phi) is 6.35. The van der Waals surface area contributed by atoms with E-state index in [1.165, 1.54) is 51.6 Å². The number of piperidine rings is 1. The zero-order chi connectivity index (χ0) is 14.5. The molecule has 118 valence electrons. The number of hydrogen-bond donors (Lipinski definition) is 1. The fourth-order valence-electron chi connectivity index (χ4n) is 4.42. The summed E-state index contributed by atoms with van der Waals surface area (Å²) < 4.78 is 0. The van der Waals surface area contributed by atoms with Gasteiger partial charge in [0.2, 0.25) is 0 Å². The van der Waals surface area contributed by atoms with Gasteiger partial charge in [-0.15, -0.1) is 0 Å². The predicted molar refractivity (Wildman–Crippen MR) is 88.0 cm³/mol. The second kappa shape index (κ2) is 7.79. The molecule has 2 aliphatic rings. The quantitative estimate of drug-likeness (QED) is 0.821. The van der Waals surface area contributed by atoms with Crippen molar-refractivity contribution in [1.29, 1.82) is 0 Å². The van der Waals surface area contributed by atoms with Crippen LogP contribution in [-0.4, -0.2) is 36.6 Å². The Morgan fingerprint density at radius 2 is 1.75 bits per heavy atom. The van der Waals surface area contributed by atoms with Gasteiger partial charge in [0.25, 0.3) is 0 Å². The summed E-state index contributed by atoms with van der Waals surface area (Å²) in [6.45, 7) is 13.2. The lowest BCUT2D eigenvalue weighted by atomic mass is 9.78. The molecule has 0 aromatic carbocycles. The van der Waals surface area contributed by atoms with E-state index in [-0.39, 0.29) is 0 Å². The van der Waals surface area contributed by atoms with Gasteiger partial charge in [-0.1, -0.05) is 34.1 Å². The van der Waals surface area contributed by atoms with Crippen molar-refractivity contribution in [2.45, 2.75) is 78.3 Å². The normalized spacial score (nSPS) is 33.8.